The highest BCUT2D eigenvalue weighted by molar-refractivity contribution is 5.91. The van der Waals surface area contributed by atoms with E-state index in [1.807, 2.05) is 24.6 Å². The van der Waals surface area contributed by atoms with Gasteiger partial charge in [-0.3, -0.25) is 0 Å². The molecule has 0 aliphatic heterocycles. The van der Waals surface area contributed by atoms with Crippen LogP contribution in [0.2, 0.25) is 0 Å². The number of carbonyl (C=O) groups excluding carboxylic acids is 1. The third kappa shape index (κ3) is 3.98. The molecule has 0 fully saturated rings. The highest BCUT2D eigenvalue weighted by Crippen LogP contribution is 2.19. The standard InChI is InChI=1S/C15H19N3O3/c1-3-20-14-9-12(8-13(16)10-14)15(19)21-7-6-18-5-4-17-11(18)2/h4-5,8-10H,3,6-7,16H2,1-2H3. The molecule has 2 aromatic rings. The van der Waals surface area contributed by atoms with Gasteiger partial charge in [0.25, 0.3) is 0 Å². The van der Waals surface area contributed by atoms with Crippen LogP contribution in [-0.4, -0.2) is 28.7 Å². The Morgan fingerprint density at radius 3 is 2.86 bits per heavy atom. The van der Waals surface area contributed by atoms with Crippen molar-refractivity contribution in [3.05, 3.63) is 42.0 Å². The maximum atomic E-state index is 12.0. The summed E-state index contributed by atoms with van der Waals surface area (Å²) in [5, 5.41) is 0. The molecular formula is C15H19N3O3. The van der Waals surface area contributed by atoms with Crippen LogP contribution in [0.25, 0.3) is 0 Å². The Kier molecular flexibility index (Phi) is 4.81. The number of aromatic nitrogens is 2. The van der Waals surface area contributed by atoms with Gasteiger partial charge in [-0.1, -0.05) is 0 Å². The van der Waals surface area contributed by atoms with E-state index >= 15 is 0 Å². The molecule has 0 unspecified atom stereocenters. The number of nitrogen functional groups attached to an aromatic ring is 1. The zero-order valence-corrected chi connectivity index (χ0v) is 12.2. The Hall–Kier alpha value is -2.50. The number of imidazole rings is 1. The second-order valence-electron chi connectivity index (χ2n) is 4.53. The first-order valence-electron chi connectivity index (χ1n) is 6.78. The fourth-order valence-corrected chi connectivity index (χ4v) is 1.95. The second kappa shape index (κ2) is 6.78. The lowest BCUT2D eigenvalue weighted by Crippen LogP contribution is -2.12. The van der Waals surface area contributed by atoms with Crippen molar-refractivity contribution in [3.8, 4) is 5.75 Å². The van der Waals surface area contributed by atoms with Crippen molar-refractivity contribution >= 4 is 11.7 Å². The molecule has 0 saturated heterocycles. The smallest absolute Gasteiger partial charge is 0.338 e. The van der Waals surface area contributed by atoms with E-state index in [4.69, 9.17) is 15.2 Å². The van der Waals surface area contributed by atoms with Crippen molar-refractivity contribution in [2.75, 3.05) is 18.9 Å². The molecule has 1 aromatic heterocycles. The van der Waals surface area contributed by atoms with E-state index in [0.717, 1.165) is 5.82 Å². The monoisotopic (exact) mass is 289 g/mol. The van der Waals surface area contributed by atoms with Crippen LogP contribution in [0.3, 0.4) is 0 Å². The molecule has 0 amide bonds. The SMILES string of the molecule is CCOc1cc(N)cc(C(=O)OCCn2ccnc2C)c1. The van der Waals surface area contributed by atoms with E-state index in [2.05, 4.69) is 4.98 Å². The third-order valence-corrected chi connectivity index (χ3v) is 2.96. The van der Waals surface area contributed by atoms with Gasteiger partial charge in [-0.15, -0.1) is 0 Å². The van der Waals surface area contributed by atoms with Gasteiger partial charge < -0.3 is 19.8 Å². The molecule has 1 aromatic carbocycles. The summed E-state index contributed by atoms with van der Waals surface area (Å²) in [6.45, 7) is 5.12. The Bertz CT molecular complexity index is 622. The number of nitrogens with zero attached hydrogens (tertiary/aromatic N) is 2. The van der Waals surface area contributed by atoms with Gasteiger partial charge in [0.2, 0.25) is 0 Å². The highest BCUT2D eigenvalue weighted by atomic mass is 16.5. The molecule has 0 saturated carbocycles. The molecular weight excluding hydrogens is 270 g/mol. The van der Waals surface area contributed by atoms with E-state index in [0.29, 0.717) is 30.2 Å². The molecule has 21 heavy (non-hydrogen) atoms. The van der Waals surface area contributed by atoms with Gasteiger partial charge in [-0.2, -0.15) is 0 Å². The molecule has 0 aliphatic rings. The largest absolute Gasteiger partial charge is 0.494 e. The topological polar surface area (TPSA) is 79.4 Å². The summed E-state index contributed by atoms with van der Waals surface area (Å²) < 4.78 is 12.5. The van der Waals surface area contributed by atoms with E-state index in [9.17, 15) is 4.79 Å². The number of esters is 1. The van der Waals surface area contributed by atoms with E-state index in [1.54, 1.807) is 24.4 Å². The predicted octanol–water partition coefficient (Wildman–Crippen LogP) is 2.03. The first kappa shape index (κ1) is 14.9. The van der Waals surface area contributed by atoms with Gasteiger partial charge in [0, 0.05) is 24.1 Å². The molecule has 1 heterocycles. The van der Waals surface area contributed by atoms with Crippen molar-refractivity contribution in [3.63, 3.8) is 0 Å². The fraction of sp³-hybridized carbons (Fsp3) is 0.333. The Morgan fingerprint density at radius 2 is 2.19 bits per heavy atom. The van der Waals surface area contributed by atoms with Crippen molar-refractivity contribution in [1.82, 2.24) is 9.55 Å². The van der Waals surface area contributed by atoms with Gasteiger partial charge >= 0.3 is 5.97 Å². The third-order valence-electron chi connectivity index (χ3n) is 2.96. The highest BCUT2D eigenvalue weighted by Gasteiger charge is 2.10. The second-order valence-corrected chi connectivity index (χ2v) is 4.53. The molecule has 0 atom stereocenters. The quantitative estimate of drug-likeness (QED) is 0.650. The number of aryl methyl sites for hydroxylation is 1. The van der Waals surface area contributed by atoms with Crippen molar-refractivity contribution in [2.24, 2.45) is 0 Å². The summed E-state index contributed by atoms with van der Waals surface area (Å²) in [6, 6.07) is 4.88. The predicted molar refractivity (Wildman–Crippen MR) is 79.3 cm³/mol. The fourth-order valence-electron chi connectivity index (χ4n) is 1.95. The normalized spacial score (nSPS) is 10.4. The van der Waals surface area contributed by atoms with Crippen LogP contribution >= 0.6 is 0 Å². The summed E-state index contributed by atoms with van der Waals surface area (Å²) >= 11 is 0. The van der Waals surface area contributed by atoms with Crippen LogP contribution in [0, 0.1) is 6.92 Å². The first-order chi connectivity index (χ1) is 10.1. The number of carbonyl (C=O) groups is 1. The van der Waals surface area contributed by atoms with Gasteiger partial charge in [-0.05, 0) is 26.0 Å². The van der Waals surface area contributed by atoms with E-state index in [1.165, 1.54) is 0 Å². The molecule has 6 nitrogen and oxygen atoms in total. The van der Waals surface area contributed by atoms with Crippen LogP contribution in [-0.2, 0) is 11.3 Å². The summed E-state index contributed by atoms with van der Waals surface area (Å²) in [4.78, 5) is 16.1. The lowest BCUT2D eigenvalue weighted by atomic mass is 10.2. The van der Waals surface area contributed by atoms with Crippen LogP contribution in [0.5, 0.6) is 5.75 Å². The Balaban J connectivity index is 1.95. The number of hydrogen-bond donors (Lipinski definition) is 1. The number of hydrogen-bond acceptors (Lipinski definition) is 5. The van der Waals surface area contributed by atoms with Crippen LogP contribution in [0.4, 0.5) is 5.69 Å². The maximum Gasteiger partial charge on any atom is 0.338 e. The lowest BCUT2D eigenvalue weighted by Gasteiger charge is -2.09. The zero-order valence-electron chi connectivity index (χ0n) is 12.2. The van der Waals surface area contributed by atoms with Gasteiger partial charge in [-0.25, -0.2) is 9.78 Å². The van der Waals surface area contributed by atoms with Crippen molar-refractivity contribution < 1.29 is 14.3 Å². The van der Waals surface area contributed by atoms with Crippen LogP contribution < -0.4 is 10.5 Å². The number of benzene rings is 1. The van der Waals surface area contributed by atoms with Gasteiger partial charge in [0.05, 0.1) is 18.7 Å². The first-order valence-corrected chi connectivity index (χ1v) is 6.78. The average molecular weight is 289 g/mol. The Labute approximate surface area is 123 Å². The lowest BCUT2D eigenvalue weighted by molar-refractivity contribution is 0.0490. The Morgan fingerprint density at radius 1 is 1.38 bits per heavy atom. The minimum atomic E-state index is -0.416. The number of ether oxygens (including phenoxy) is 2. The molecule has 0 bridgehead atoms. The molecule has 0 spiro atoms. The molecule has 0 radical (unpaired) electrons. The molecule has 6 heteroatoms. The van der Waals surface area contributed by atoms with Crippen molar-refractivity contribution in [1.29, 1.82) is 0 Å². The summed E-state index contributed by atoms with van der Waals surface area (Å²) in [7, 11) is 0. The minimum Gasteiger partial charge on any atom is -0.494 e. The van der Waals surface area contributed by atoms with Gasteiger partial charge in [0.15, 0.2) is 0 Å². The summed E-state index contributed by atoms with van der Waals surface area (Å²) in [6.07, 6.45) is 3.56. The van der Waals surface area contributed by atoms with E-state index in [-0.39, 0.29) is 6.61 Å². The van der Waals surface area contributed by atoms with Crippen LogP contribution in [0.1, 0.15) is 23.1 Å². The maximum absolute atomic E-state index is 12.0. The average Bonchev–Trinajstić information content (AvgIpc) is 2.84. The number of nitrogens with two attached hydrogens (primary N) is 1. The summed E-state index contributed by atoms with van der Waals surface area (Å²) in [5.74, 6) is 1.03. The molecule has 2 N–H and O–H groups in total. The minimum absolute atomic E-state index is 0.273. The zero-order chi connectivity index (χ0) is 15.2. The number of rotatable bonds is 6. The molecule has 2 rings (SSSR count). The van der Waals surface area contributed by atoms with Crippen LogP contribution in [0.15, 0.2) is 30.6 Å². The van der Waals surface area contributed by atoms with Gasteiger partial charge in [0.1, 0.15) is 18.2 Å². The molecule has 112 valence electrons. The molecule has 0 aliphatic carbocycles. The number of anilines is 1. The summed E-state index contributed by atoms with van der Waals surface area (Å²) in [5.41, 5.74) is 6.61. The van der Waals surface area contributed by atoms with Crippen molar-refractivity contribution in [2.45, 2.75) is 20.4 Å². The van der Waals surface area contributed by atoms with E-state index < -0.39 is 5.97 Å².